The van der Waals surface area contributed by atoms with E-state index in [0.29, 0.717) is 16.3 Å². The lowest BCUT2D eigenvalue weighted by Crippen LogP contribution is -2.05. The van der Waals surface area contributed by atoms with Gasteiger partial charge in [-0.25, -0.2) is 0 Å². The van der Waals surface area contributed by atoms with Crippen molar-refractivity contribution in [1.82, 2.24) is 0 Å². The molecule has 1 N–H and O–H groups in total. The van der Waals surface area contributed by atoms with Crippen LogP contribution in [0.5, 0.6) is 5.75 Å². The number of aliphatic hydroxyl groups excluding tert-OH is 1. The van der Waals surface area contributed by atoms with Gasteiger partial charge < -0.3 is 9.84 Å². The van der Waals surface area contributed by atoms with Crippen LogP contribution in [-0.4, -0.2) is 12.2 Å². The number of benzene rings is 2. The van der Waals surface area contributed by atoms with E-state index in [1.54, 1.807) is 25.3 Å². The van der Waals surface area contributed by atoms with E-state index in [0.717, 1.165) is 21.2 Å². The van der Waals surface area contributed by atoms with E-state index < -0.39 is 6.10 Å². The third-order valence-electron chi connectivity index (χ3n) is 3.33. The fraction of sp³-hybridized carbons (Fsp3) is 0.250. The third-order valence-corrected chi connectivity index (χ3v) is 4.42. The smallest absolute Gasteiger partial charge is 0.125 e. The molecule has 0 aliphatic carbocycles. The number of halogens is 2. The van der Waals surface area contributed by atoms with Gasteiger partial charge in [-0.3, -0.25) is 0 Å². The molecule has 0 fully saturated rings. The molecule has 0 aromatic heterocycles. The molecule has 0 spiro atoms. The average molecular weight is 356 g/mol. The summed E-state index contributed by atoms with van der Waals surface area (Å²) in [5.74, 6) is 0.627. The van der Waals surface area contributed by atoms with Crippen LogP contribution >= 0.6 is 27.5 Å². The molecule has 0 saturated carbocycles. The molecule has 2 aromatic rings. The van der Waals surface area contributed by atoms with Gasteiger partial charge in [-0.2, -0.15) is 0 Å². The maximum atomic E-state index is 10.7. The molecule has 0 aliphatic rings. The summed E-state index contributed by atoms with van der Waals surface area (Å²) < 4.78 is 6.34. The van der Waals surface area contributed by atoms with Crippen molar-refractivity contribution in [1.29, 1.82) is 0 Å². The Bertz CT molecular complexity index is 641. The van der Waals surface area contributed by atoms with E-state index in [9.17, 15) is 5.11 Å². The molecule has 1 atom stereocenters. The van der Waals surface area contributed by atoms with Crippen LogP contribution in [0.4, 0.5) is 0 Å². The molecule has 2 aromatic carbocycles. The highest BCUT2D eigenvalue weighted by atomic mass is 79.9. The molecular formula is C16H16BrClO2. The molecule has 4 heteroatoms. The predicted molar refractivity (Wildman–Crippen MR) is 85.7 cm³/mol. The Morgan fingerprint density at radius 2 is 1.80 bits per heavy atom. The van der Waals surface area contributed by atoms with Crippen LogP contribution in [0, 0.1) is 13.8 Å². The first-order valence-corrected chi connectivity index (χ1v) is 7.39. The van der Waals surface area contributed by atoms with Crippen LogP contribution in [0.2, 0.25) is 5.02 Å². The number of methoxy groups -OCH3 is 1. The highest BCUT2D eigenvalue weighted by Crippen LogP contribution is 2.35. The summed E-state index contributed by atoms with van der Waals surface area (Å²) in [5.41, 5.74) is 3.61. The highest BCUT2D eigenvalue weighted by Gasteiger charge is 2.18. The van der Waals surface area contributed by atoms with Gasteiger partial charge in [0.2, 0.25) is 0 Å². The number of rotatable bonds is 3. The lowest BCUT2D eigenvalue weighted by Gasteiger charge is -2.18. The summed E-state index contributed by atoms with van der Waals surface area (Å²) in [6.07, 6.45) is -0.768. The molecule has 0 heterocycles. The lowest BCUT2D eigenvalue weighted by molar-refractivity contribution is 0.214. The molecule has 0 radical (unpaired) electrons. The molecule has 0 aliphatic heterocycles. The van der Waals surface area contributed by atoms with Crippen LogP contribution in [0.15, 0.2) is 34.8 Å². The van der Waals surface area contributed by atoms with Crippen molar-refractivity contribution in [3.05, 3.63) is 62.1 Å². The highest BCUT2D eigenvalue weighted by molar-refractivity contribution is 9.10. The Morgan fingerprint density at radius 1 is 1.10 bits per heavy atom. The van der Waals surface area contributed by atoms with Crippen LogP contribution in [-0.2, 0) is 0 Å². The van der Waals surface area contributed by atoms with Crippen LogP contribution < -0.4 is 4.74 Å². The van der Waals surface area contributed by atoms with E-state index in [1.807, 2.05) is 26.0 Å². The predicted octanol–water partition coefficient (Wildman–Crippen LogP) is 4.81. The number of hydrogen-bond acceptors (Lipinski definition) is 2. The Hall–Kier alpha value is -1.03. The van der Waals surface area contributed by atoms with Gasteiger partial charge in [0, 0.05) is 15.1 Å². The van der Waals surface area contributed by atoms with Gasteiger partial charge in [0.15, 0.2) is 0 Å². The fourth-order valence-corrected chi connectivity index (χ4v) is 2.82. The minimum absolute atomic E-state index is 0.575. The molecule has 0 amide bonds. The van der Waals surface area contributed by atoms with Gasteiger partial charge in [-0.05, 0) is 54.8 Å². The van der Waals surface area contributed by atoms with E-state index in [2.05, 4.69) is 15.9 Å². The first kappa shape index (κ1) is 15.4. The minimum atomic E-state index is -0.768. The number of hydrogen-bond donors (Lipinski definition) is 1. The van der Waals surface area contributed by atoms with Crippen molar-refractivity contribution in [2.24, 2.45) is 0 Å². The second-order valence-electron chi connectivity index (χ2n) is 4.75. The van der Waals surface area contributed by atoms with Crippen molar-refractivity contribution < 1.29 is 9.84 Å². The van der Waals surface area contributed by atoms with Crippen molar-refractivity contribution in [3.8, 4) is 5.75 Å². The number of ether oxygens (including phenoxy) is 1. The molecular weight excluding hydrogens is 340 g/mol. The second kappa shape index (κ2) is 6.17. The number of aryl methyl sites for hydroxylation is 2. The SMILES string of the molecule is COc1ccc(Cl)cc1C(O)c1cc(C)c(Br)cc1C. The van der Waals surface area contributed by atoms with Gasteiger partial charge in [-0.15, -0.1) is 0 Å². The van der Waals surface area contributed by atoms with Crippen LogP contribution in [0.1, 0.15) is 28.4 Å². The Balaban J connectivity index is 2.54. The van der Waals surface area contributed by atoms with Crippen LogP contribution in [0.25, 0.3) is 0 Å². The summed E-state index contributed by atoms with van der Waals surface area (Å²) in [4.78, 5) is 0. The quantitative estimate of drug-likeness (QED) is 0.856. The largest absolute Gasteiger partial charge is 0.496 e. The zero-order valence-electron chi connectivity index (χ0n) is 11.6. The minimum Gasteiger partial charge on any atom is -0.496 e. The molecule has 2 rings (SSSR count). The molecule has 0 bridgehead atoms. The van der Waals surface area contributed by atoms with E-state index in [1.165, 1.54) is 0 Å². The van der Waals surface area contributed by atoms with Crippen LogP contribution in [0.3, 0.4) is 0 Å². The van der Waals surface area contributed by atoms with Gasteiger partial charge >= 0.3 is 0 Å². The lowest BCUT2D eigenvalue weighted by atomic mass is 9.95. The van der Waals surface area contributed by atoms with E-state index in [-0.39, 0.29) is 0 Å². The summed E-state index contributed by atoms with van der Waals surface area (Å²) in [6.45, 7) is 3.97. The normalized spacial score (nSPS) is 12.3. The fourth-order valence-electron chi connectivity index (χ4n) is 2.18. The molecule has 1 unspecified atom stereocenters. The van der Waals surface area contributed by atoms with Gasteiger partial charge in [-0.1, -0.05) is 33.6 Å². The van der Waals surface area contributed by atoms with Crippen molar-refractivity contribution in [3.63, 3.8) is 0 Å². The Morgan fingerprint density at radius 3 is 2.45 bits per heavy atom. The van der Waals surface area contributed by atoms with E-state index >= 15 is 0 Å². The number of aliphatic hydroxyl groups is 1. The molecule has 106 valence electrons. The monoisotopic (exact) mass is 354 g/mol. The molecule has 20 heavy (non-hydrogen) atoms. The maximum absolute atomic E-state index is 10.7. The first-order chi connectivity index (χ1) is 9.43. The van der Waals surface area contributed by atoms with Crippen molar-refractivity contribution in [2.45, 2.75) is 20.0 Å². The van der Waals surface area contributed by atoms with E-state index in [4.69, 9.17) is 16.3 Å². The second-order valence-corrected chi connectivity index (χ2v) is 6.04. The summed E-state index contributed by atoms with van der Waals surface area (Å²) in [7, 11) is 1.58. The summed E-state index contributed by atoms with van der Waals surface area (Å²) in [6, 6.07) is 9.23. The first-order valence-electron chi connectivity index (χ1n) is 6.22. The standard InChI is InChI=1S/C16H16BrClO2/c1-9-7-14(17)10(2)6-12(9)16(19)13-8-11(18)4-5-15(13)20-3/h4-8,16,19H,1-3H3. The zero-order valence-corrected chi connectivity index (χ0v) is 13.9. The maximum Gasteiger partial charge on any atom is 0.125 e. The topological polar surface area (TPSA) is 29.5 Å². The van der Waals surface area contributed by atoms with Crippen molar-refractivity contribution in [2.75, 3.05) is 7.11 Å². The summed E-state index contributed by atoms with van der Waals surface area (Å²) >= 11 is 9.53. The molecule has 2 nitrogen and oxygen atoms in total. The zero-order chi connectivity index (χ0) is 14.9. The van der Waals surface area contributed by atoms with Gasteiger partial charge in [0.1, 0.15) is 11.9 Å². The Kier molecular flexibility index (Phi) is 4.74. The van der Waals surface area contributed by atoms with Crippen molar-refractivity contribution >= 4 is 27.5 Å². The van der Waals surface area contributed by atoms with Gasteiger partial charge in [0.05, 0.1) is 7.11 Å². The average Bonchev–Trinajstić information content (AvgIpc) is 2.42. The summed E-state index contributed by atoms with van der Waals surface area (Å²) in [5, 5.41) is 11.2. The molecule has 0 saturated heterocycles. The third kappa shape index (κ3) is 3.00. The Labute approximate surface area is 132 Å². The van der Waals surface area contributed by atoms with Gasteiger partial charge in [0.25, 0.3) is 0 Å².